The first-order chi connectivity index (χ1) is 9.09. The average molecular weight is 253 g/mol. The minimum absolute atomic E-state index is 0.0999. The molecule has 0 aliphatic carbocycles. The molecule has 1 heteroatoms. The van der Waals surface area contributed by atoms with E-state index in [1.165, 1.54) is 21.8 Å². The lowest BCUT2D eigenvalue weighted by molar-refractivity contribution is 0.423. The minimum atomic E-state index is 0.0999. The lowest BCUT2D eigenvalue weighted by Crippen LogP contribution is -2.21. The number of nitrogens with zero attached hydrogens (tertiary/aromatic N) is 1. The summed E-state index contributed by atoms with van der Waals surface area (Å²) in [5.74, 6) is 0. The van der Waals surface area contributed by atoms with Crippen LogP contribution in [-0.2, 0) is 5.54 Å². The Morgan fingerprint density at radius 1 is 0.684 bits per heavy atom. The van der Waals surface area contributed by atoms with Gasteiger partial charge in [0, 0.05) is 27.3 Å². The van der Waals surface area contributed by atoms with Gasteiger partial charge in [-0.3, -0.25) is 0 Å². The SMILES string of the molecule is CC.CC(C)(C)n1c2ccccc2c2ccccc21. The third kappa shape index (κ3) is 2.25. The van der Waals surface area contributed by atoms with Crippen LogP contribution in [0.5, 0.6) is 0 Å². The van der Waals surface area contributed by atoms with Crippen molar-refractivity contribution in [2.45, 2.75) is 40.2 Å². The molecule has 3 aromatic rings. The highest BCUT2D eigenvalue weighted by atomic mass is 15.0. The van der Waals surface area contributed by atoms with Gasteiger partial charge in [-0.15, -0.1) is 0 Å². The van der Waals surface area contributed by atoms with Crippen LogP contribution in [0.2, 0.25) is 0 Å². The highest BCUT2D eigenvalue weighted by Gasteiger charge is 2.19. The van der Waals surface area contributed by atoms with Gasteiger partial charge in [0.1, 0.15) is 0 Å². The normalized spacial score (nSPS) is 11.4. The zero-order valence-corrected chi connectivity index (χ0v) is 12.6. The third-order valence-corrected chi connectivity index (χ3v) is 3.25. The summed E-state index contributed by atoms with van der Waals surface area (Å²) in [4.78, 5) is 0. The van der Waals surface area contributed by atoms with Gasteiger partial charge in [-0.05, 0) is 32.9 Å². The lowest BCUT2D eigenvalue weighted by atomic mass is 10.1. The van der Waals surface area contributed by atoms with Crippen molar-refractivity contribution in [1.29, 1.82) is 0 Å². The van der Waals surface area contributed by atoms with Crippen molar-refractivity contribution in [3.63, 3.8) is 0 Å². The Balaban J connectivity index is 0.000000637. The van der Waals surface area contributed by atoms with Crippen LogP contribution in [0.15, 0.2) is 48.5 Å². The van der Waals surface area contributed by atoms with Gasteiger partial charge < -0.3 is 4.57 Å². The monoisotopic (exact) mass is 253 g/mol. The molecule has 100 valence electrons. The summed E-state index contributed by atoms with van der Waals surface area (Å²) in [6.07, 6.45) is 0. The number of hydrogen-bond acceptors (Lipinski definition) is 0. The molecule has 2 aromatic carbocycles. The van der Waals surface area contributed by atoms with Gasteiger partial charge in [0.25, 0.3) is 0 Å². The van der Waals surface area contributed by atoms with Crippen molar-refractivity contribution in [1.82, 2.24) is 4.57 Å². The molecule has 0 N–H and O–H groups in total. The molecule has 0 radical (unpaired) electrons. The number of fused-ring (bicyclic) bond motifs is 3. The predicted octanol–water partition coefficient (Wildman–Crippen LogP) is 5.58. The average Bonchev–Trinajstić information content (AvgIpc) is 2.75. The van der Waals surface area contributed by atoms with Crippen LogP contribution in [0.4, 0.5) is 0 Å². The maximum absolute atomic E-state index is 2.43. The van der Waals surface area contributed by atoms with E-state index in [0.717, 1.165) is 0 Å². The molecule has 0 bridgehead atoms. The van der Waals surface area contributed by atoms with E-state index in [0.29, 0.717) is 0 Å². The fourth-order valence-corrected chi connectivity index (χ4v) is 2.65. The van der Waals surface area contributed by atoms with E-state index in [4.69, 9.17) is 0 Å². The van der Waals surface area contributed by atoms with Crippen molar-refractivity contribution in [3.8, 4) is 0 Å². The van der Waals surface area contributed by atoms with E-state index in [9.17, 15) is 0 Å². The van der Waals surface area contributed by atoms with E-state index < -0.39 is 0 Å². The first kappa shape index (κ1) is 13.7. The van der Waals surface area contributed by atoms with Crippen LogP contribution in [0.1, 0.15) is 34.6 Å². The molecule has 0 aliphatic heterocycles. The third-order valence-electron chi connectivity index (χ3n) is 3.25. The van der Waals surface area contributed by atoms with Gasteiger partial charge in [-0.1, -0.05) is 50.2 Å². The summed E-state index contributed by atoms with van der Waals surface area (Å²) in [5, 5.41) is 2.69. The number of benzene rings is 2. The van der Waals surface area contributed by atoms with Crippen LogP contribution in [-0.4, -0.2) is 4.57 Å². The highest BCUT2D eigenvalue weighted by Crippen LogP contribution is 2.33. The van der Waals surface area contributed by atoms with Crippen molar-refractivity contribution >= 4 is 21.8 Å². The van der Waals surface area contributed by atoms with Crippen molar-refractivity contribution in [2.24, 2.45) is 0 Å². The van der Waals surface area contributed by atoms with E-state index >= 15 is 0 Å². The number of hydrogen-bond donors (Lipinski definition) is 0. The van der Waals surface area contributed by atoms with Crippen LogP contribution in [0.25, 0.3) is 21.8 Å². The summed E-state index contributed by atoms with van der Waals surface area (Å²) in [6.45, 7) is 10.8. The van der Waals surface area contributed by atoms with Gasteiger partial charge >= 0.3 is 0 Å². The quantitative estimate of drug-likeness (QED) is 0.493. The Hall–Kier alpha value is -1.76. The largest absolute Gasteiger partial charge is 0.335 e. The lowest BCUT2D eigenvalue weighted by Gasteiger charge is -2.24. The molecule has 0 fully saturated rings. The van der Waals surface area contributed by atoms with E-state index in [2.05, 4.69) is 73.9 Å². The smallest absolute Gasteiger partial charge is 0.0496 e. The molecule has 0 amide bonds. The Morgan fingerprint density at radius 2 is 1.05 bits per heavy atom. The fourth-order valence-electron chi connectivity index (χ4n) is 2.65. The molecule has 0 saturated carbocycles. The van der Waals surface area contributed by atoms with Crippen molar-refractivity contribution in [2.75, 3.05) is 0 Å². The summed E-state index contributed by atoms with van der Waals surface area (Å²) in [6, 6.07) is 17.3. The van der Waals surface area contributed by atoms with Gasteiger partial charge in [-0.25, -0.2) is 0 Å². The molecule has 0 unspecified atom stereocenters. The van der Waals surface area contributed by atoms with Crippen LogP contribution >= 0.6 is 0 Å². The molecule has 1 heterocycles. The van der Waals surface area contributed by atoms with Crippen molar-refractivity contribution in [3.05, 3.63) is 48.5 Å². The molecule has 19 heavy (non-hydrogen) atoms. The predicted molar refractivity (Wildman–Crippen MR) is 85.8 cm³/mol. The molecule has 0 spiro atoms. The molecule has 0 saturated heterocycles. The zero-order valence-electron chi connectivity index (χ0n) is 12.6. The number of aromatic nitrogens is 1. The van der Waals surface area contributed by atoms with Crippen LogP contribution < -0.4 is 0 Å². The standard InChI is InChI=1S/C16H17N.C2H6/c1-16(2,3)17-14-10-6-4-8-12(14)13-9-5-7-11-15(13)17;1-2/h4-11H,1-3H3;1-2H3. The highest BCUT2D eigenvalue weighted by molar-refractivity contribution is 6.08. The van der Waals surface area contributed by atoms with Crippen LogP contribution in [0, 0.1) is 0 Å². The zero-order chi connectivity index (χ0) is 14.0. The number of para-hydroxylation sites is 2. The topological polar surface area (TPSA) is 4.93 Å². The summed E-state index contributed by atoms with van der Waals surface area (Å²) >= 11 is 0. The van der Waals surface area contributed by atoms with Crippen LogP contribution in [0.3, 0.4) is 0 Å². The Labute approximate surface area is 115 Å². The second-order valence-electron chi connectivity index (χ2n) is 5.54. The Morgan fingerprint density at radius 3 is 1.42 bits per heavy atom. The molecule has 1 aromatic heterocycles. The van der Waals surface area contributed by atoms with E-state index in [1.54, 1.807) is 0 Å². The molecule has 0 atom stereocenters. The van der Waals surface area contributed by atoms with Gasteiger partial charge in [0.2, 0.25) is 0 Å². The molecule has 3 rings (SSSR count). The van der Waals surface area contributed by atoms with Gasteiger partial charge in [-0.2, -0.15) is 0 Å². The molecule has 0 aliphatic rings. The molecular formula is C18H23N. The Kier molecular flexibility index (Phi) is 3.66. The summed E-state index contributed by atoms with van der Waals surface area (Å²) < 4.78 is 2.43. The second-order valence-corrected chi connectivity index (χ2v) is 5.54. The van der Waals surface area contributed by atoms with E-state index in [-0.39, 0.29) is 5.54 Å². The van der Waals surface area contributed by atoms with E-state index in [1.807, 2.05) is 13.8 Å². The number of rotatable bonds is 0. The molecular weight excluding hydrogens is 230 g/mol. The van der Waals surface area contributed by atoms with Crippen molar-refractivity contribution < 1.29 is 0 Å². The summed E-state index contributed by atoms with van der Waals surface area (Å²) in [7, 11) is 0. The first-order valence-electron chi connectivity index (χ1n) is 7.08. The minimum Gasteiger partial charge on any atom is -0.335 e. The fraction of sp³-hybridized carbons (Fsp3) is 0.333. The maximum Gasteiger partial charge on any atom is 0.0496 e. The summed E-state index contributed by atoms with van der Waals surface area (Å²) in [5.41, 5.74) is 2.74. The molecule has 1 nitrogen and oxygen atoms in total. The van der Waals surface area contributed by atoms with Gasteiger partial charge in [0.15, 0.2) is 0 Å². The van der Waals surface area contributed by atoms with Gasteiger partial charge in [0.05, 0.1) is 0 Å². The maximum atomic E-state index is 2.43. The second kappa shape index (κ2) is 5.08. The Bertz CT molecular complexity index is 630. The first-order valence-corrected chi connectivity index (χ1v) is 7.08.